The number of morpholine rings is 1. The van der Waals surface area contributed by atoms with Crippen molar-refractivity contribution in [2.75, 3.05) is 45.9 Å². The van der Waals surface area contributed by atoms with Crippen molar-refractivity contribution in [2.24, 2.45) is 5.10 Å². The Morgan fingerprint density at radius 3 is 2.48 bits per heavy atom. The van der Waals surface area contributed by atoms with Gasteiger partial charge in [-0.3, -0.25) is 14.5 Å². The number of carbonyl (C=O) groups is 2. The minimum absolute atomic E-state index is 0.186. The predicted octanol–water partition coefficient (Wildman–Crippen LogP) is 5.28. The highest BCUT2D eigenvalue weighted by molar-refractivity contribution is 6.34. The van der Waals surface area contributed by atoms with Crippen LogP contribution in [-0.2, 0) is 9.53 Å². The number of hydrazone groups is 1. The highest BCUT2D eigenvalue weighted by Crippen LogP contribution is 2.35. The molecule has 0 spiro atoms. The van der Waals surface area contributed by atoms with Gasteiger partial charge in [0, 0.05) is 53.8 Å². The van der Waals surface area contributed by atoms with Gasteiger partial charge in [0.05, 0.1) is 25.0 Å². The zero-order valence-corrected chi connectivity index (χ0v) is 23.3. The van der Waals surface area contributed by atoms with Gasteiger partial charge < -0.3 is 9.64 Å². The fourth-order valence-corrected chi connectivity index (χ4v) is 5.29. The summed E-state index contributed by atoms with van der Waals surface area (Å²) in [6.07, 6.45) is 0.447. The van der Waals surface area contributed by atoms with Gasteiger partial charge in [0.15, 0.2) is 0 Å². The summed E-state index contributed by atoms with van der Waals surface area (Å²) in [5, 5.41) is 7.27. The number of amides is 2. The molecule has 0 unspecified atom stereocenters. The summed E-state index contributed by atoms with van der Waals surface area (Å²) >= 11 is 12.6. The van der Waals surface area contributed by atoms with Crippen LogP contribution >= 0.6 is 23.2 Å². The van der Waals surface area contributed by atoms with Crippen LogP contribution in [0, 0.1) is 5.82 Å². The molecule has 3 aromatic carbocycles. The average Bonchev–Trinajstić information content (AvgIpc) is 3.41. The van der Waals surface area contributed by atoms with Crippen LogP contribution in [0.25, 0.3) is 0 Å². The van der Waals surface area contributed by atoms with Crippen molar-refractivity contribution in [3.8, 4) is 0 Å². The molecule has 2 aliphatic rings. The van der Waals surface area contributed by atoms with E-state index in [-0.39, 0.29) is 18.0 Å². The van der Waals surface area contributed by atoms with Gasteiger partial charge in [-0.05, 0) is 42.0 Å². The smallest absolute Gasteiger partial charge is 0.262 e. The Morgan fingerprint density at radius 2 is 1.75 bits per heavy atom. The molecule has 3 aromatic rings. The third-order valence-corrected chi connectivity index (χ3v) is 7.66. The summed E-state index contributed by atoms with van der Waals surface area (Å²) in [7, 11) is 0. The second-order valence-electron chi connectivity index (χ2n) is 9.73. The molecule has 0 aliphatic carbocycles. The van der Waals surface area contributed by atoms with Gasteiger partial charge in [-0.25, -0.2) is 9.40 Å². The van der Waals surface area contributed by atoms with Gasteiger partial charge in [0.25, 0.3) is 11.8 Å². The highest BCUT2D eigenvalue weighted by atomic mass is 35.5. The number of halogens is 3. The first-order valence-electron chi connectivity index (χ1n) is 13.1. The topological polar surface area (TPSA) is 65.5 Å². The van der Waals surface area contributed by atoms with Crippen LogP contribution in [0.2, 0.25) is 10.0 Å². The number of ether oxygens (including phenoxy) is 1. The Kier molecular flexibility index (Phi) is 9.11. The van der Waals surface area contributed by atoms with Gasteiger partial charge in [0.1, 0.15) is 12.4 Å². The van der Waals surface area contributed by atoms with E-state index in [4.69, 9.17) is 33.0 Å². The summed E-state index contributed by atoms with van der Waals surface area (Å²) < 4.78 is 19.4. The largest absolute Gasteiger partial charge is 0.379 e. The van der Waals surface area contributed by atoms with Crippen LogP contribution in [0.3, 0.4) is 0 Å². The first kappa shape index (κ1) is 28.2. The fraction of sp³-hybridized carbons (Fsp3) is 0.300. The zero-order chi connectivity index (χ0) is 28.1. The molecule has 0 saturated carbocycles. The van der Waals surface area contributed by atoms with E-state index in [0.717, 1.165) is 24.2 Å². The molecule has 40 heavy (non-hydrogen) atoms. The molecule has 0 radical (unpaired) electrons. The van der Waals surface area contributed by atoms with E-state index in [0.29, 0.717) is 48.5 Å². The maximum absolute atomic E-state index is 14.0. The maximum atomic E-state index is 14.0. The van der Waals surface area contributed by atoms with Crippen molar-refractivity contribution in [2.45, 2.75) is 12.5 Å². The van der Waals surface area contributed by atoms with E-state index in [1.165, 1.54) is 28.1 Å². The Labute approximate surface area is 242 Å². The molecule has 0 N–H and O–H groups in total. The predicted molar refractivity (Wildman–Crippen MR) is 153 cm³/mol. The molecule has 1 atom stereocenters. The van der Waals surface area contributed by atoms with Gasteiger partial charge >= 0.3 is 0 Å². The van der Waals surface area contributed by atoms with Crippen molar-refractivity contribution in [1.29, 1.82) is 0 Å². The third kappa shape index (κ3) is 6.70. The van der Waals surface area contributed by atoms with Crippen LogP contribution < -0.4 is 0 Å². The lowest BCUT2D eigenvalue weighted by atomic mass is 9.98. The summed E-state index contributed by atoms with van der Waals surface area (Å²) in [4.78, 5) is 31.0. The van der Waals surface area contributed by atoms with Crippen LogP contribution in [-0.4, -0.2) is 78.3 Å². The first-order valence-corrected chi connectivity index (χ1v) is 13.9. The van der Waals surface area contributed by atoms with Crippen LogP contribution in [0.1, 0.15) is 33.9 Å². The Hall–Kier alpha value is -3.30. The van der Waals surface area contributed by atoms with Crippen molar-refractivity contribution >= 4 is 40.7 Å². The number of benzene rings is 3. The van der Waals surface area contributed by atoms with Crippen LogP contribution in [0.5, 0.6) is 0 Å². The fourth-order valence-electron chi connectivity index (χ4n) is 4.92. The lowest BCUT2D eigenvalue weighted by molar-refractivity contribution is -0.133. The molecular weight excluding hydrogens is 554 g/mol. The van der Waals surface area contributed by atoms with E-state index in [2.05, 4.69) is 4.90 Å². The van der Waals surface area contributed by atoms with E-state index < -0.39 is 17.8 Å². The minimum atomic E-state index is -0.512. The molecule has 2 aliphatic heterocycles. The van der Waals surface area contributed by atoms with Crippen molar-refractivity contribution in [3.63, 3.8) is 0 Å². The summed E-state index contributed by atoms with van der Waals surface area (Å²) in [5.41, 5.74) is 2.47. The lowest BCUT2D eigenvalue weighted by Crippen LogP contribution is -2.46. The van der Waals surface area contributed by atoms with E-state index >= 15 is 0 Å². The number of hydrogen-bond acceptors (Lipinski definition) is 5. The van der Waals surface area contributed by atoms with E-state index in [1.807, 2.05) is 30.3 Å². The monoisotopic (exact) mass is 582 g/mol. The van der Waals surface area contributed by atoms with Gasteiger partial charge in [-0.2, -0.15) is 5.10 Å². The first-order chi connectivity index (χ1) is 19.4. The molecule has 208 valence electrons. The molecule has 5 rings (SSSR count). The SMILES string of the molecule is O=C(c1cccc(F)c1)N(CCN1CCOCC1)CC(=O)N1N=C(c2ccccc2Cl)C[C@H]1c1ccc(Cl)cc1. The summed E-state index contributed by atoms with van der Waals surface area (Å²) in [6, 6.07) is 19.8. The van der Waals surface area contributed by atoms with Crippen molar-refractivity contribution in [1.82, 2.24) is 14.8 Å². The lowest BCUT2D eigenvalue weighted by Gasteiger charge is -2.31. The molecule has 0 aromatic heterocycles. The molecule has 0 bridgehead atoms. The van der Waals surface area contributed by atoms with Crippen molar-refractivity contribution in [3.05, 3.63) is 105 Å². The van der Waals surface area contributed by atoms with Crippen molar-refractivity contribution < 1.29 is 18.7 Å². The average molecular weight is 583 g/mol. The molecule has 1 fully saturated rings. The number of rotatable bonds is 8. The second-order valence-corrected chi connectivity index (χ2v) is 10.6. The van der Waals surface area contributed by atoms with E-state index in [1.54, 1.807) is 24.3 Å². The standard InChI is InChI=1S/C30H29Cl2FN4O3/c31-23-10-8-21(9-11-23)28-19-27(25-6-1-2-7-26(25)32)34-37(28)29(38)20-36(13-12-35-14-16-40-17-15-35)30(39)22-4-3-5-24(33)18-22/h1-11,18,28H,12-17,19-20H2/t28-/m0/s1. The highest BCUT2D eigenvalue weighted by Gasteiger charge is 2.35. The maximum Gasteiger partial charge on any atom is 0.262 e. The second kappa shape index (κ2) is 12.9. The Balaban J connectivity index is 1.42. The number of carbonyl (C=O) groups excluding carboxylic acids is 2. The van der Waals surface area contributed by atoms with Gasteiger partial charge in [-0.1, -0.05) is 59.6 Å². The molecule has 1 saturated heterocycles. The Morgan fingerprint density at radius 1 is 1.00 bits per heavy atom. The summed E-state index contributed by atoms with van der Waals surface area (Å²) in [5.74, 6) is -1.28. The summed E-state index contributed by atoms with van der Waals surface area (Å²) in [6.45, 7) is 3.36. The minimum Gasteiger partial charge on any atom is -0.379 e. The quantitative estimate of drug-likeness (QED) is 0.362. The number of nitrogens with zero attached hydrogens (tertiary/aromatic N) is 4. The Bertz CT molecular complexity index is 1400. The molecule has 10 heteroatoms. The van der Waals surface area contributed by atoms with Gasteiger partial charge in [-0.15, -0.1) is 0 Å². The van der Waals surface area contributed by atoms with Gasteiger partial charge in [0.2, 0.25) is 0 Å². The molecular formula is C30H29Cl2FN4O3. The van der Waals surface area contributed by atoms with Crippen LogP contribution in [0.4, 0.5) is 4.39 Å². The van der Waals surface area contributed by atoms with Crippen LogP contribution in [0.15, 0.2) is 77.9 Å². The van der Waals surface area contributed by atoms with E-state index in [9.17, 15) is 14.0 Å². The zero-order valence-electron chi connectivity index (χ0n) is 21.8. The normalized spacial score (nSPS) is 17.5. The molecule has 2 amide bonds. The third-order valence-electron chi connectivity index (χ3n) is 7.08. The molecule has 2 heterocycles. The molecule has 7 nitrogen and oxygen atoms in total. The number of hydrogen-bond donors (Lipinski definition) is 0.